The molecule has 1 N–H and O–H groups in total. The molecule has 0 bridgehead atoms. The average Bonchev–Trinajstić information content (AvgIpc) is 3.08. The Labute approximate surface area is 284 Å². The Morgan fingerprint density at radius 2 is 1.10 bits per heavy atom. The molecule has 10 heteroatoms. The van der Waals surface area contributed by atoms with E-state index in [0.717, 1.165) is 47.6 Å². The third-order valence-corrected chi connectivity index (χ3v) is 9.99. The highest BCUT2D eigenvalue weighted by Crippen LogP contribution is 2.43. The molecule has 262 valence electrons. The fourth-order valence-corrected chi connectivity index (χ4v) is 7.18. The second kappa shape index (κ2) is 20.5. The van der Waals surface area contributed by atoms with Crippen molar-refractivity contribution >= 4 is 44.0 Å². The van der Waals surface area contributed by atoms with Crippen LogP contribution in [0.5, 0.6) is 0 Å². The van der Waals surface area contributed by atoms with Crippen molar-refractivity contribution in [1.29, 1.82) is 0 Å². The number of benzene rings is 2. The van der Waals surface area contributed by atoms with Crippen LogP contribution in [0.15, 0.2) is 94.2 Å². The summed E-state index contributed by atoms with van der Waals surface area (Å²) in [5, 5.41) is 23.8. The largest absolute Gasteiger partial charge is 0.549 e. The first-order valence-electron chi connectivity index (χ1n) is 16.8. The maximum Gasteiger partial charge on any atom is 0.359 e. The SMILES string of the molecule is CCCCC(CC)CC(CC(CC)CCCC)(C(=O)[O-])C(C(=O)[O-])S(=O)(=O)O.c1ccc2[o+]cccc2c1.c1ccc2[o+]cccc2c1. The van der Waals surface area contributed by atoms with Crippen LogP contribution in [0, 0.1) is 17.3 Å². The minimum absolute atomic E-state index is 0.174. The van der Waals surface area contributed by atoms with Gasteiger partial charge in [0.05, 0.1) is 16.7 Å². The standard InChI is InChI=1S/C20H38O7S.2C9H7O/c1-5-9-11-15(7-3)13-20(19(23)24,14-16(8-4)12-10-6-2)17(18(21)22)28(25,26)27;2*1-2-6-9-8(4-1)5-3-7-10-9/h15-17H,5-14H2,1-4H3,(H,21,22)(H,23,24)(H,25,26,27);2*1-7H/q;2*+1/p-2. The number of carboxylic acid groups (broad SMARTS) is 2. The van der Waals surface area contributed by atoms with Gasteiger partial charge in [0.2, 0.25) is 0 Å². The normalized spacial score (nSPS) is 14.4. The first kappa shape index (κ1) is 40.3. The van der Waals surface area contributed by atoms with Crippen molar-refractivity contribution in [3.8, 4) is 0 Å². The molecular weight excluding hydrogens is 632 g/mol. The lowest BCUT2D eigenvalue weighted by molar-refractivity contribution is -0.329. The molecule has 4 rings (SSSR count). The lowest BCUT2D eigenvalue weighted by Crippen LogP contribution is -2.60. The fraction of sp³-hybridized carbons (Fsp3) is 0.474. The third-order valence-electron chi connectivity index (χ3n) is 8.75. The van der Waals surface area contributed by atoms with E-state index in [9.17, 15) is 32.8 Å². The minimum atomic E-state index is -5.20. The minimum Gasteiger partial charge on any atom is -0.549 e. The molecule has 0 saturated heterocycles. The number of rotatable bonds is 16. The first-order valence-corrected chi connectivity index (χ1v) is 18.3. The van der Waals surface area contributed by atoms with Gasteiger partial charge >= 0.3 is 23.7 Å². The summed E-state index contributed by atoms with van der Waals surface area (Å²) in [5.74, 6) is -4.22. The molecular formula is C38H50O9S. The van der Waals surface area contributed by atoms with Crippen molar-refractivity contribution in [2.45, 2.75) is 97.2 Å². The molecule has 3 unspecified atom stereocenters. The van der Waals surface area contributed by atoms with E-state index in [4.69, 9.17) is 8.83 Å². The Balaban J connectivity index is 0.000000315. The Hall–Kier alpha value is -3.89. The summed E-state index contributed by atoms with van der Waals surface area (Å²) in [4.78, 5) is 24.0. The molecule has 0 fully saturated rings. The Morgan fingerprint density at radius 3 is 1.42 bits per heavy atom. The maximum atomic E-state index is 12.3. The van der Waals surface area contributed by atoms with Crippen molar-refractivity contribution in [3.05, 3.63) is 85.3 Å². The highest BCUT2D eigenvalue weighted by Gasteiger charge is 2.49. The molecule has 4 aromatic rings. The number of hydrogen-bond acceptors (Lipinski definition) is 6. The van der Waals surface area contributed by atoms with E-state index in [0.29, 0.717) is 25.7 Å². The van der Waals surface area contributed by atoms with Gasteiger partial charge in [0, 0.05) is 35.6 Å². The van der Waals surface area contributed by atoms with Crippen LogP contribution in [0.2, 0.25) is 0 Å². The highest BCUT2D eigenvalue weighted by molar-refractivity contribution is 7.87. The Bertz CT molecular complexity index is 1430. The van der Waals surface area contributed by atoms with Crippen LogP contribution in [0.25, 0.3) is 21.9 Å². The van der Waals surface area contributed by atoms with E-state index in [-0.39, 0.29) is 24.7 Å². The molecule has 2 aromatic heterocycles. The lowest BCUT2D eigenvalue weighted by Gasteiger charge is -2.44. The molecule has 0 saturated carbocycles. The number of carboxylic acids is 2. The zero-order valence-electron chi connectivity index (χ0n) is 28.5. The topological polar surface area (TPSA) is 157 Å². The predicted molar refractivity (Wildman–Crippen MR) is 185 cm³/mol. The van der Waals surface area contributed by atoms with Crippen LogP contribution in [0.1, 0.15) is 91.9 Å². The van der Waals surface area contributed by atoms with Crippen molar-refractivity contribution in [2.75, 3.05) is 0 Å². The fourth-order valence-electron chi connectivity index (χ4n) is 6.08. The van der Waals surface area contributed by atoms with Crippen LogP contribution in [-0.2, 0) is 19.7 Å². The van der Waals surface area contributed by atoms with Crippen molar-refractivity contribution in [1.82, 2.24) is 0 Å². The van der Waals surface area contributed by atoms with Crippen LogP contribution in [0.4, 0.5) is 0 Å². The molecule has 2 aromatic carbocycles. The Morgan fingerprint density at radius 1 is 0.708 bits per heavy atom. The number of hydrogen-bond donors (Lipinski definition) is 1. The van der Waals surface area contributed by atoms with Gasteiger partial charge in [-0.25, -0.2) is 8.83 Å². The average molecular weight is 683 g/mol. The van der Waals surface area contributed by atoms with E-state index < -0.39 is 32.7 Å². The monoisotopic (exact) mass is 682 g/mol. The number of fused-ring (bicyclic) bond motifs is 2. The lowest BCUT2D eigenvalue weighted by atomic mass is 9.68. The van der Waals surface area contributed by atoms with Crippen molar-refractivity contribution in [2.24, 2.45) is 17.3 Å². The molecule has 9 nitrogen and oxygen atoms in total. The molecule has 0 radical (unpaired) electrons. The van der Waals surface area contributed by atoms with Gasteiger partial charge in [0.1, 0.15) is 5.25 Å². The second-order valence-electron chi connectivity index (χ2n) is 12.2. The molecule has 0 spiro atoms. The molecule has 0 aliphatic heterocycles. The summed E-state index contributed by atoms with van der Waals surface area (Å²) in [6, 6.07) is 23.7. The third kappa shape index (κ3) is 12.3. The van der Waals surface area contributed by atoms with Gasteiger partial charge in [-0.2, -0.15) is 8.42 Å². The summed E-state index contributed by atoms with van der Waals surface area (Å²) in [6.45, 7) is 7.68. The predicted octanol–water partition coefficient (Wildman–Crippen LogP) is 7.37. The van der Waals surface area contributed by atoms with Gasteiger partial charge in [0.25, 0.3) is 10.1 Å². The van der Waals surface area contributed by atoms with E-state index in [2.05, 4.69) is 0 Å². The molecule has 0 aliphatic rings. The molecule has 3 atom stereocenters. The first-order chi connectivity index (χ1) is 22.9. The van der Waals surface area contributed by atoms with E-state index in [1.165, 1.54) is 0 Å². The summed E-state index contributed by atoms with van der Waals surface area (Å²) in [5.41, 5.74) is -0.357. The molecule has 0 amide bonds. The molecule has 48 heavy (non-hydrogen) atoms. The van der Waals surface area contributed by atoms with Gasteiger partial charge in [-0.1, -0.05) is 103 Å². The van der Waals surface area contributed by atoms with E-state index >= 15 is 0 Å². The number of carbonyl (C=O) groups excluding carboxylic acids is 2. The van der Waals surface area contributed by atoms with Crippen molar-refractivity contribution in [3.63, 3.8) is 0 Å². The van der Waals surface area contributed by atoms with Gasteiger partial charge in [-0.15, -0.1) is 0 Å². The zero-order chi connectivity index (χ0) is 35.6. The van der Waals surface area contributed by atoms with Gasteiger partial charge in [0.15, 0.2) is 0 Å². The molecule has 2 heterocycles. The van der Waals surface area contributed by atoms with Gasteiger partial charge in [-0.05, 0) is 48.9 Å². The zero-order valence-corrected chi connectivity index (χ0v) is 29.3. The van der Waals surface area contributed by atoms with E-state index in [1.807, 2.05) is 100 Å². The Kier molecular flexibility index (Phi) is 17.2. The van der Waals surface area contributed by atoms with E-state index in [1.54, 1.807) is 12.5 Å². The van der Waals surface area contributed by atoms with Gasteiger partial charge in [-0.3, -0.25) is 4.55 Å². The summed E-state index contributed by atoms with van der Waals surface area (Å²) >= 11 is 0. The van der Waals surface area contributed by atoms with Crippen LogP contribution in [-0.4, -0.2) is 30.2 Å². The summed E-state index contributed by atoms with van der Waals surface area (Å²) < 4.78 is 43.9. The molecule has 0 aliphatic carbocycles. The number of carbonyl (C=O) groups is 2. The maximum absolute atomic E-state index is 12.3. The second-order valence-corrected chi connectivity index (χ2v) is 13.7. The quantitative estimate of drug-likeness (QED) is 0.0941. The summed E-state index contributed by atoms with van der Waals surface area (Å²) in [7, 11) is -5.20. The van der Waals surface area contributed by atoms with Crippen LogP contribution in [0.3, 0.4) is 0 Å². The van der Waals surface area contributed by atoms with Crippen LogP contribution >= 0.6 is 0 Å². The number of para-hydroxylation sites is 2. The summed E-state index contributed by atoms with van der Waals surface area (Å²) in [6.07, 6.45) is 8.86. The van der Waals surface area contributed by atoms with Gasteiger partial charge < -0.3 is 19.8 Å². The van der Waals surface area contributed by atoms with Crippen molar-refractivity contribution < 1.29 is 41.6 Å². The number of aliphatic carboxylic acids is 2. The highest BCUT2D eigenvalue weighted by atomic mass is 32.2. The van der Waals surface area contributed by atoms with Crippen LogP contribution < -0.4 is 10.2 Å². The number of unbranched alkanes of at least 4 members (excludes halogenated alkanes) is 2. The smallest absolute Gasteiger partial charge is 0.359 e.